The largest absolute Gasteiger partial charge is 0.392 e. The number of hydrogen-bond donors (Lipinski definition) is 1. The smallest absolute Gasteiger partial charge is 0.0680 e. The zero-order chi connectivity index (χ0) is 7.56. The molecule has 0 bridgehead atoms. The number of aliphatic hydroxyl groups is 1. The Hall–Kier alpha value is -0.480. The van der Waals surface area contributed by atoms with Gasteiger partial charge < -0.3 is 5.11 Å². The van der Waals surface area contributed by atoms with Crippen LogP contribution in [-0.4, -0.2) is 11.2 Å². The summed E-state index contributed by atoms with van der Waals surface area (Å²) in [7, 11) is 0. The molecule has 1 rings (SSSR count). The van der Waals surface area contributed by atoms with Crippen LogP contribution >= 0.6 is 0 Å². The molecule has 0 aliphatic heterocycles. The Balaban J connectivity index is 2.45. The lowest BCUT2D eigenvalue weighted by molar-refractivity contribution is 0.0803. The molecular weight excluding hydrogens is 124 g/mol. The van der Waals surface area contributed by atoms with Crippen LogP contribution in [0.15, 0.2) is 0 Å². The number of aliphatic hydroxyl groups excluding tert-OH is 1. The van der Waals surface area contributed by atoms with Gasteiger partial charge >= 0.3 is 0 Å². The molecule has 0 aromatic rings. The van der Waals surface area contributed by atoms with Crippen LogP contribution in [0.25, 0.3) is 0 Å². The highest BCUT2D eigenvalue weighted by molar-refractivity contribution is 4.99. The lowest BCUT2D eigenvalue weighted by atomic mass is 9.81. The molecule has 0 amide bonds. The molecule has 0 heterocycles. The third-order valence-corrected chi connectivity index (χ3v) is 2.07. The Bertz CT molecular complexity index is 145. The molecule has 1 aliphatic carbocycles. The molecule has 1 fully saturated rings. The van der Waals surface area contributed by atoms with E-state index in [0.717, 1.165) is 12.8 Å². The molecule has 54 valence electrons. The zero-order valence-electron chi connectivity index (χ0n) is 5.96. The maximum absolute atomic E-state index is 9.32. The Morgan fingerprint density at radius 1 is 1.40 bits per heavy atom. The molecule has 3 unspecified atom stereocenters. The van der Waals surface area contributed by atoms with E-state index in [1.807, 2.05) is 0 Å². The fourth-order valence-electron chi connectivity index (χ4n) is 1.37. The quantitative estimate of drug-likeness (QED) is 0.494. The van der Waals surface area contributed by atoms with Crippen LogP contribution in [0.2, 0.25) is 0 Å². The topological polar surface area (TPSA) is 20.2 Å². The Morgan fingerprint density at radius 2 is 2.10 bits per heavy atom. The van der Waals surface area contributed by atoms with Crippen molar-refractivity contribution in [3.8, 4) is 12.3 Å². The lowest BCUT2D eigenvalue weighted by Gasteiger charge is -2.27. The molecular formula is C9H12O. The van der Waals surface area contributed by atoms with Gasteiger partial charge in [0, 0.05) is 5.92 Å². The molecule has 1 saturated carbocycles. The van der Waals surface area contributed by atoms with Crippen molar-refractivity contribution >= 4 is 0 Å². The number of terminal acetylenes is 1. The molecule has 1 aliphatic rings. The summed E-state index contributed by atoms with van der Waals surface area (Å²) in [4.78, 5) is 0. The van der Waals surface area contributed by atoms with Gasteiger partial charge in [0.05, 0.1) is 6.10 Å². The molecule has 10 heavy (non-hydrogen) atoms. The minimum atomic E-state index is -0.367. The van der Waals surface area contributed by atoms with Gasteiger partial charge in [0.25, 0.3) is 0 Å². The summed E-state index contributed by atoms with van der Waals surface area (Å²) < 4.78 is 0. The minimum Gasteiger partial charge on any atom is -0.392 e. The van der Waals surface area contributed by atoms with E-state index in [1.54, 1.807) is 0 Å². The van der Waals surface area contributed by atoms with Crippen molar-refractivity contribution in [3.05, 3.63) is 6.92 Å². The Kier molecular flexibility index (Phi) is 2.34. The first-order valence-electron chi connectivity index (χ1n) is 3.64. The van der Waals surface area contributed by atoms with E-state index in [2.05, 4.69) is 5.92 Å². The minimum absolute atomic E-state index is 0.0415. The third-order valence-electron chi connectivity index (χ3n) is 2.07. The van der Waals surface area contributed by atoms with Gasteiger partial charge in [-0.2, -0.15) is 0 Å². The van der Waals surface area contributed by atoms with Crippen molar-refractivity contribution in [2.75, 3.05) is 0 Å². The van der Waals surface area contributed by atoms with Gasteiger partial charge in [0.15, 0.2) is 0 Å². The van der Waals surface area contributed by atoms with E-state index in [9.17, 15) is 5.11 Å². The lowest BCUT2D eigenvalue weighted by Crippen LogP contribution is -2.27. The van der Waals surface area contributed by atoms with Crippen LogP contribution in [0.1, 0.15) is 19.3 Å². The highest BCUT2D eigenvalue weighted by atomic mass is 16.3. The summed E-state index contributed by atoms with van der Waals surface area (Å²) in [6, 6.07) is 0. The van der Waals surface area contributed by atoms with E-state index >= 15 is 0 Å². The maximum atomic E-state index is 9.32. The average molecular weight is 136 g/mol. The highest BCUT2D eigenvalue weighted by Gasteiger charge is 2.24. The van der Waals surface area contributed by atoms with Gasteiger partial charge in [-0.05, 0) is 32.1 Å². The van der Waals surface area contributed by atoms with Crippen LogP contribution in [-0.2, 0) is 0 Å². The van der Waals surface area contributed by atoms with Crippen LogP contribution in [0.4, 0.5) is 0 Å². The van der Waals surface area contributed by atoms with Crippen LogP contribution in [0, 0.1) is 31.1 Å². The number of rotatable bonds is 0. The average Bonchev–Trinajstić information content (AvgIpc) is 1.88. The van der Waals surface area contributed by atoms with E-state index in [4.69, 9.17) is 13.3 Å². The van der Waals surface area contributed by atoms with Gasteiger partial charge in [0.1, 0.15) is 0 Å². The van der Waals surface area contributed by atoms with E-state index in [0.29, 0.717) is 6.42 Å². The first kappa shape index (κ1) is 7.63. The Morgan fingerprint density at radius 3 is 2.60 bits per heavy atom. The van der Waals surface area contributed by atoms with E-state index in [1.165, 1.54) is 0 Å². The van der Waals surface area contributed by atoms with Crippen molar-refractivity contribution in [2.45, 2.75) is 25.4 Å². The second-order valence-electron chi connectivity index (χ2n) is 2.91. The van der Waals surface area contributed by atoms with Gasteiger partial charge in [0.2, 0.25) is 0 Å². The fourth-order valence-corrected chi connectivity index (χ4v) is 1.37. The summed E-state index contributed by atoms with van der Waals surface area (Å²) in [6.07, 6.45) is 7.31. The first-order chi connectivity index (χ1) is 4.74. The molecule has 0 aromatic carbocycles. The van der Waals surface area contributed by atoms with Crippen molar-refractivity contribution in [3.63, 3.8) is 0 Å². The van der Waals surface area contributed by atoms with Crippen molar-refractivity contribution < 1.29 is 5.11 Å². The molecule has 1 nitrogen and oxygen atoms in total. The predicted octanol–water partition coefficient (Wildman–Crippen LogP) is 1.11. The third kappa shape index (κ3) is 1.52. The van der Waals surface area contributed by atoms with Crippen molar-refractivity contribution in [1.29, 1.82) is 0 Å². The standard InChI is InChI=1S/C9H12O/c1-3-8-5-4-7(2)6-9(8)10/h1-2,7-10H,4-6H2. The fraction of sp³-hybridized carbons (Fsp3) is 0.667. The maximum Gasteiger partial charge on any atom is 0.0680 e. The van der Waals surface area contributed by atoms with Crippen LogP contribution in [0.5, 0.6) is 0 Å². The molecule has 0 aromatic heterocycles. The van der Waals surface area contributed by atoms with Crippen molar-refractivity contribution in [2.24, 2.45) is 11.8 Å². The van der Waals surface area contributed by atoms with Crippen LogP contribution < -0.4 is 0 Å². The molecule has 0 saturated heterocycles. The summed E-state index contributed by atoms with van der Waals surface area (Å²) in [5.74, 6) is 2.76. The molecule has 1 heteroatoms. The van der Waals surface area contributed by atoms with Crippen molar-refractivity contribution in [1.82, 2.24) is 0 Å². The SMILES string of the molecule is [CH]C1CCC(C#C)C(O)C1. The second-order valence-corrected chi connectivity index (χ2v) is 2.91. The Labute approximate surface area is 62.4 Å². The summed E-state index contributed by atoms with van der Waals surface area (Å²) in [5.41, 5.74) is 0. The van der Waals surface area contributed by atoms with E-state index < -0.39 is 0 Å². The summed E-state index contributed by atoms with van der Waals surface area (Å²) in [6.45, 7) is 5.61. The van der Waals surface area contributed by atoms with Crippen LogP contribution in [0.3, 0.4) is 0 Å². The normalized spacial score (nSPS) is 40.7. The second kappa shape index (κ2) is 3.07. The van der Waals surface area contributed by atoms with Gasteiger partial charge in [-0.3, -0.25) is 0 Å². The summed E-state index contributed by atoms with van der Waals surface area (Å²) >= 11 is 0. The molecule has 3 atom stereocenters. The molecule has 0 spiro atoms. The molecule has 2 radical (unpaired) electrons. The monoisotopic (exact) mass is 136 g/mol. The highest BCUT2D eigenvalue weighted by Crippen LogP contribution is 2.27. The van der Waals surface area contributed by atoms with E-state index in [-0.39, 0.29) is 17.9 Å². The van der Waals surface area contributed by atoms with Gasteiger partial charge in [-0.1, -0.05) is 0 Å². The first-order valence-corrected chi connectivity index (χ1v) is 3.64. The molecule has 1 N–H and O–H groups in total. The predicted molar refractivity (Wildman–Crippen MR) is 40.0 cm³/mol. The van der Waals surface area contributed by atoms with Gasteiger partial charge in [-0.15, -0.1) is 12.3 Å². The summed E-state index contributed by atoms with van der Waals surface area (Å²) in [5, 5.41) is 9.32. The number of hydrogen-bond acceptors (Lipinski definition) is 1. The zero-order valence-corrected chi connectivity index (χ0v) is 5.96. The van der Waals surface area contributed by atoms with Gasteiger partial charge in [-0.25, -0.2) is 0 Å².